The lowest BCUT2D eigenvalue weighted by atomic mass is 10.2. The maximum atomic E-state index is 13.6. The van der Waals surface area contributed by atoms with Crippen molar-refractivity contribution in [3.05, 3.63) is 28.0 Å². The first-order valence-corrected chi connectivity index (χ1v) is 9.58. The zero-order valence-electron chi connectivity index (χ0n) is 11.2. The maximum absolute atomic E-state index is 13.6. The van der Waals surface area contributed by atoms with Gasteiger partial charge in [-0.15, -0.1) is 0 Å². The van der Waals surface area contributed by atoms with Gasteiger partial charge in [0.25, 0.3) is 15.0 Å². The molecule has 4 nitrogen and oxygen atoms in total. The summed E-state index contributed by atoms with van der Waals surface area (Å²) in [6.07, 6.45) is 3.00. The van der Waals surface area contributed by atoms with E-state index >= 15 is 0 Å². The maximum Gasteiger partial charge on any atom is 0.264 e. The van der Waals surface area contributed by atoms with Gasteiger partial charge in [-0.2, -0.15) is 0 Å². The van der Waals surface area contributed by atoms with E-state index in [0.29, 0.717) is 5.92 Å². The summed E-state index contributed by atoms with van der Waals surface area (Å²) in [6, 6.07) is 1.99. The highest BCUT2D eigenvalue weighted by Crippen LogP contribution is 2.35. The summed E-state index contributed by atoms with van der Waals surface area (Å²) < 4.78 is 36.4. The van der Waals surface area contributed by atoms with Crippen LogP contribution in [0.2, 0.25) is 0 Å². The predicted octanol–water partition coefficient (Wildman–Crippen LogP) is 3.43. The van der Waals surface area contributed by atoms with Gasteiger partial charge in [-0.3, -0.25) is 4.79 Å². The van der Waals surface area contributed by atoms with Crippen LogP contribution in [0.3, 0.4) is 0 Å². The molecule has 1 aromatic carbocycles. The average molecular weight is 399 g/mol. The van der Waals surface area contributed by atoms with Gasteiger partial charge in [0.05, 0.1) is 5.56 Å². The molecule has 0 aliphatic heterocycles. The number of hydrogen-bond donors (Lipinski definition) is 1. The molecule has 1 aromatic rings. The highest BCUT2D eigenvalue weighted by atomic mass is 79.9. The van der Waals surface area contributed by atoms with Crippen molar-refractivity contribution in [2.45, 2.75) is 37.1 Å². The minimum Gasteiger partial charge on any atom is -0.349 e. The molecular weight excluding hydrogens is 385 g/mol. The van der Waals surface area contributed by atoms with Gasteiger partial charge in [-0.25, -0.2) is 12.8 Å². The second kappa shape index (κ2) is 6.22. The highest BCUT2D eigenvalue weighted by Gasteiger charge is 2.37. The van der Waals surface area contributed by atoms with Crippen molar-refractivity contribution in [3.8, 4) is 0 Å². The Labute approximate surface area is 135 Å². The fourth-order valence-electron chi connectivity index (χ4n) is 2.25. The summed E-state index contributed by atoms with van der Waals surface area (Å²) in [5.41, 5.74) is 0.0535. The van der Waals surface area contributed by atoms with Gasteiger partial charge < -0.3 is 5.32 Å². The molecule has 1 amide bonds. The lowest BCUT2D eigenvalue weighted by Gasteiger charge is -2.09. The Morgan fingerprint density at radius 2 is 2.19 bits per heavy atom. The van der Waals surface area contributed by atoms with Gasteiger partial charge in [-0.1, -0.05) is 13.3 Å². The third-order valence-corrected chi connectivity index (χ3v) is 5.42. The van der Waals surface area contributed by atoms with Crippen LogP contribution in [0.15, 0.2) is 21.5 Å². The molecule has 0 spiro atoms. The third-order valence-electron chi connectivity index (χ3n) is 3.43. The predicted molar refractivity (Wildman–Crippen MR) is 81.4 cm³/mol. The minimum absolute atomic E-state index is 0.0535. The summed E-state index contributed by atoms with van der Waals surface area (Å²) in [6.45, 7) is 2.07. The van der Waals surface area contributed by atoms with E-state index in [2.05, 4.69) is 28.2 Å². The van der Waals surface area contributed by atoms with Crippen LogP contribution in [0, 0.1) is 11.7 Å². The van der Waals surface area contributed by atoms with E-state index in [1.165, 1.54) is 0 Å². The second-order valence-corrected chi connectivity index (χ2v) is 8.45. The Morgan fingerprint density at radius 3 is 2.76 bits per heavy atom. The molecule has 1 aliphatic carbocycles. The molecule has 1 fully saturated rings. The van der Waals surface area contributed by atoms with Crippen LogP contribution in [0.5, 0.6) is 0 Å². The Hall–Kier alpha value is -0.660. The van der Waals surface area contributed by atoms with E-state index in [1.54, 1.807) is 0 Å². The molecule has 1 saturated carbocycles. The first kappa shape index (κ1) is 16.7. The van der Waals surface area contributed by atoms with Crippen molar-refractivity contribution in [2.75, 3.05) is 0 Å². The number of benzene rings is 1. The molecule has 2 unspecified atom stereocenters. The Morgan fingerprint density at radius 1 is 1.52 bits per heavy atom. The minimum atomic E-state index is -4.24. The van der Waals surface area contributed by atoms with Crippen molar-refractivity contribution in [1.29, 1.82) is 0 Å². The number of nitrogens with one attached hydrogen (secondary N) is 1. The van der Waals surface area contributed by atoms with Crippen LogP contribution in [-0.4, -0.2) is 20.4 Å². The fourth-order valence-corrected chi connectivity index (χ4v) is 3.65. The lowest BCUT2D eigenvalue weighted by molar-refractivity contribution is 0.0947. The molecule has 1 aliphatic rings. The van der Waals surface area contributed by atoms with Gasteiger partial charge >= 0.3 is 0 Å². The van der Waals surface area contributed by atoms with Crippen molar-refractivity contribution in [2.24, 2.45) is 5.92 Å². The van der Waals surface area contributed by atoms with E-state index in [4.69, 9.17) is 10.7 Å². The summed E-state index contributed by atoms with van der Waals surface area (Å²) in [5.74, 6) is -0.967. The number of hydrogen-bond acceptors (Lipinski definition) is 3. The van der Waals surface area contributed by atoms with E-state index in [1.807, 2.05) is 0 Å². The summed E-state index contributed by atoms with van der Waals surface area (Å²) in [4.78, 5) is 11.5. The van der Waals surface area contributed by atoms with Crippen LogP contribution in [0.1, 0.15) is 36.5 Å². The molecule has 0 saturated heterocycles. The number of rotatable bonds is 5. The van der Waals surface area contributed by atoms with Gasteiger partial charge in [0.15, 0.2) is 0 Å². The highest BCUT2D eigenvalue weighted by molar-refractivity contribution is 9.10. The van der Waals surface area contributed by atoms with E-state index in [9.17, 15) is 17.6 Å². The monoisotopic (exact) mass is 397 g/mol. The molecule has 2 atom stereocenters. The molecule has 8 heteroatoms. The Balaban J connectivity index is 2.22. The van der Waals surface area contributed by atoms with Crippen LogP contribution < -0.4 is 5.32 Å². The zero-order chi connectivity index (χ0) is 15.8. The van der Waals surface area contributed by atoms with E-state index in [-0.39, 0.29) is 16.1 Å². The number of carbonyl (C=O) groups is 1. The lowest BCUT2D eigenvalue weighted by Crippen LogP contribution is -2.27. The molecule has 0 aromatic heterocycles. The van der Waals surface area contributed by atoms with Crippen LogP contribution in [0.4, 0.5) is 4.39 Å². The second-order valence-electron chi connectivity index (χ2n) is 5.06. The van der Waals surface area contributed by atoms with Crippen molar-refractivity contribution in [3.63, 3.8) is 0 Å². The quantitative estimate of drug-likeness (QED) is 0.773. The smallest absolute Gasteiger partial charge is 0.264 e. The Bertz CT molecular complexity index is 680. The fraction of sp³-hybridized carbons (Fsp3) is 0.462. The first-order valence-electron chi connectivity index (χ1n) is 6.48. The van der Waals surface area contributed by atoms with Gasteiger partial charge in [0, 0.05) is 21.2 Å². The first-order chi connectivity index (χ1) is 9.74. The molecule has 0 bridgehead atoms. The molecule has 1 N–H and O–H groups in total. The summed E-state index contributed by atoms with van der Waals surface area (Å²) >= 11 is 3.07. The topological polar surface area (TPSA) is 63.2 Å². The van der Waals surface area contributed by atoms with Crippen molar-refractivity contribution in [1.82, 2.24) is 5.32 Å². The molecule has 0 heterocycles. The number of carbonyl (C=O) groups excluding carboxylic acids is 1. The van der Waals surface area contributed by atoms with Crippen LogP contribution in [0.25, 0.3) is 0 Å². The van der Waals surface area contributed by atoms with Gasteiger partial charge in [0.2, 0.25) is 0 Å². The summed E-state index contributed by atoms with van der Waals surface area (Å²) in [5, 5.41) is 2.81. The molecule has 0 radical (unpaired) electrons. The van der Waals surface area contributed by atoms with Crippen LogP contribution >= 0.6 is 26.6 Å². The molecule has 2 rings (SSSR count). The van der Waals surface area contributed by atoms with Crippen LogP contribution in [-0.2, 0) is 9.05 Å². The molecule has 21 heavy (non-hydrogen) atoms. The number of halogens is 3. The zero-order valence-corrected chi connectivity index (χ0v) is 14.4. The van der Waals surface area contributed by atoms with Gasteiger partial charge in [-0.05, 0) is 46.8 Å². The Kier molecular flexibility index (Phi) is 4.95. The van der Waals surface area contributed by atoms with Crippen molar-refractivity contribution < 1.29 is 17.6 Å². The summed E-state index contributed by atoms with van der Waals surface area (Å²) in [7, 11) is 0.918. The largest absolute Gasteiger partial charge is 0.349 e. The van der Waals surface area contributed by atoms with Crippen molar-refractivity contribution >= 4 is 41.6 Å². The standard InChI is InChI=1S/C13H14BrClFNO3S/c1-2-3-7-4-11(7)17-13(18)8-5-12(21(15,19)20)10(16)6-9(8)14/h5-7,11H,2-4H2,1H3,(H,17,18). The molecular formula is C13H14BrClFNO3S. The molecule has 116 valence electrons. The number of amides is 1. The average Bonchev–Trinajstić information content (AvgIpc) is 3.05. The normalized spacial score (nSPS) is 21.1. The third kappa shape index (κ3) is 3.96. The van der Waals surface area contributed by atoms with E-state index < -0.39 is 25.7 Å². The SMILES string of the molecule is CCCC1CC1NC(=O)c1cc(S(=O)(=O)Cl)c(F)cc1Br. The van der Waals surface area contributed by atoms with Gasteiger partial charge in [0.1, 0.15) is 10.7 Å². The van der Waals surface area contributed by atoms with E-state index in [0.717, 1.165) is 31.4 Å².